The van der Waals surface area contributed by atoms with Gasteiger partial charge in [0.05, 0.1) is 22.2 Å². The van der Waals surface area contributed by atoms with Crippen LogP contribution in [0.1, 0.15) is 18.3 Å². The fourth-order valence-corrected chi connectivity index (χ4v) is 3.09. The Morgan fingerprint density at radius 3 is 2.54 bits per heavy atom. The lowest BCUT2D eigenvalue weighted by Gasteiger charge is -2.17. The Bertz CT molecular complexity index is 980. The molecule has 24 heavy (non-hydrogen) atoms. The monoisotopic (exact) mass is 444 g/mol. The molecule has 1 heterocycles. The van der Waals surface area contributed by atoms with Crippen molar-refractivity contribution in [2.75, 3.05) is 0 Å². The molecule has 0 N–H and O–H groups in total. The van der Waals surface area contributed by atoms with Crippen molar-refractivity contribution >= 4 is 33.5 Å². The normalized spacial score (nSPS) is 11.9. The van der Waals surface area contributed by atoms with Crippen molar-refractivity contribution in [3.8, 4) is 5.69 Å². The molecule has 0 amide bonds. The molecule has 1 aromatic heterocycles. The van der Waals surface area contributed by atoms with E-state index >= 15 is 0 Å². The predicted molar refractivity (Wildman–Crippen MR) is 94.4 cm³/mol. The van der Waals surface area contributed by atoms with Crippen molar-refractivity contribution in [2.45, 2.75) is 19.5 Å². The van der Waals surface area contributed by atoms with Crippen LogP contribution in [0.3, 0.4) is 0 Å². The van der Waals surface area contributed by atoms with E-state index in [4.69, 9.17) is 0 Å². The van der Waals surface area contributed by atoms with Gasteiger partial charge in [0.2, 0.25) is 0 Å². The predicted octanol–water partition coefficient (Wildman–Crippen LogP) is 4.57. The zero-order valence-corrected chi connectivity index (χ0v) is 14.7. The number of halogens is 4. The summed E-state index contributed by atoms with van der Waals surface area (Å²) in [5.41, 5.74) is -1.06. The van der Waals surface area contributed by atoms with E-state index in [0.29, 0.717) is 23.1 Å². The van der Waals surface area contributed by atoms with Crippen LogP contribution in [0, 0.1) is 3.57 Å². The van der Waals surface area contributed by atoms with Gasteiger partial charge in [-0.1, -0.05) is 19.1 Å². The summed E-state index contributed by atoms with van der Waals surface area (Å²) >= 11 is 2.05. The van der Waals surface area contributed by atoms with E-state index in [2.05, 4.69) is 27.6 Å². The lowest BCUT2D eigenvalue weighted by atomic mass is 10.1. The zero-order chi connectivity index (χ0) is 17.5. The van der Waals surface area contributed by atoms with Gasteiger partial charge in [0.15, 0.2) is 0 Å². The number of aromatic nitrogens is 2. The highest BCUT2D eigenvalue weighted by Crippen LogP contribution is 2.33. The maximum atomic E-state index is 13.3. The van der Waals surface area contributed by atoms with Gasteiger partial charge in [-0.2, -0.15) is 13.2 Å². The molecular formula is C17H12F3IN2O. The second-order valence-electron chi connectivity index (χ2n) is 5.20. The minimum atomic E-state index is -4.55. The third kappa shape index (κ3) is 2.92. The van der Waals surface area contributed by atoms with Crippen LogP contribution in [0.2, 0.25) is 0 Å². The van der Waals surface area contributed by atoms with Crippen LogP contribution in [-0.4, -0.2) is 9.55 Å². The van der Waals surface area contributed by atoms with Gasteiger partial charge in [-0.25, -0.2) is 4.98 Å². The first-order chi connectivity index (χ1) is 11.3. The van der Waals surface area contributed by atoms with Crippen molar-refractivity contribution in [2.24, 2.45) is 0 Å². The first kappa shape index (κ1) is 16.9. The summed E-state index contributed by atoms with van der Waals surface area (Å²) in [5.74, 6) is 0.297. The number of aryl methyl sites for hydroxylation is 1. The molecule has 0 radical (unpaired) electrons. The number of para-hydroxylation sites is 1. The lowest BCUT2D eigenvalue weighted by molar-refractivity contribution is -0.137. The van der Waals surface area contributed by atoms with E-state index in [9.17, 15) is 18.0 Å². The number of rotatable bonds is 2. The maximum absolute atomic E-state index is 13.3. The summed E-state index contributed by atoms with van der Waals surface area (Å²) in [5, 5.41) is 0.302. The molecule has 3 aromatic rings. The number of benzene rings is 2. The smallest absolute Gasteiger partial charge is 0.268 e. The van der Waals surface area contributed by atoms with E-state index < -0.39 is 17.3 Å². The van der Waals surface area contributed by atoms with Gasteiger partial charge in [-0.05, 0) is 52.9 Å². The first-order valence-electron chi connectivity index (χ1n) is 7.20. The van der Waals surface area contributed by atoms with Gasteiger partial charge >= 0.3 is 6.18 Å². The van der Waals surface area contributed by atoms with Gasteiger partial charge in [0.1, 0.15) is 5.82 Å². The van der Waals surface area contributed by atoms with Crippen molar-refractivity contribution in [3.63, 3.8) is 0 Å². The molecule has 0 spiro atoms. The van der Waals surface area contributed by atoms with E-state index in [1.54, 1.807) is 19.1 Å². The molecule has 124 valence electrons. The molecule has 0 saturated heterocycles. The Labute approximate surface area is 149 Å². The Kier molecular flexibility index (Phi) is 4.37. The molecule has 7 heteroatoms. The Balaban J connectivity index is 2.43. The lowest BCUT2D eigenvalue weighted by Crippen LogP contribution is -2.26. The van der Waals surface area contributed by atoms with Gasteiger partial charge in [0, 0.05) is 9.99 Å². The van der Waals surface area contributed by atoms with Crippen molar-refractivity contribution in [1.82, 2.24) is 9.55 Å². The highest BCUT2D eigenvalue weighted by atomic mass is 127. The topological polar surface area (TPSA) is 34.9 Å². The van der Waals surface area contributed by atoms with Gasteiger partial charge in [0.25, 0.3) is 5.56 Å². The molecule has 0 aliphatic carbocycles. The fraction of sp³-hybridized carbons (Fsp3) is 0.176. The summed E-state index contributed by atoms with van der Waals surface area (Å²) in [7, 11) is 0. The highest BCUT2D eigenvalue weighted by Gasteiger charge is 2.34. The molecule has 0 bridgehead atoms. The number of alkyl halides is 3. The number of hydrogen-bond donors (Lipinski definition) is 0. The van der Waals surface area contributed by atoms with E-state index in [0.717, 1.165) is 14.2 Å². The summed E-state index contributed by atoms with van der Waals surface area (Å²) < 4.78 is 41.9. The minimum Gasteiger partial charge on any atom is -0.268 e. The van der Waals surface area contributed by atoms with Gasteiger partial charge in [-0.15, -0.1) is 0 Å². The van der Waals surface area contributed by atoms with Crippen LogP contribution in [-0.2, 0) is 12.6 Å². The third-order valence-electron chi connectivity index (χ3n) is 3.67. The van der Waals surface area contributed by atoms with Crippen molar-refractivity contribution in [1.29, 1.82) is 0 Å². The molecule has 3 rings (SSSR count). The van der Waals surface area contributed by atoms with E-state index in [1.165, 1.54) is 18.2 Å². The van der Waals surface area contributed by atoms with Crippen LogP contribution in [0.5, 0.6) is 0 Å². The zero-order valence-electron chi connectivity index (χ0n) is 12.6. The number of fused-ring (bicyclic) bond motifs is 1. The van der Waals surface area contributed by atoms with Crippen molar-refractivity contribution in [3.05, 3.63) is 67.8 Å². The maximum Gasteiger partial charge on any atom is 0.418 e. The molecule has 2 aromatic carbocycles. The van der Waals surface area contributed by atoms with Crippen LogP contribution >= 0.6 is 22.6 Å². The standard InChI is InChI=1S/C17H12F3IN2O/c1-2-15-22-13-8-7-10(21)9-11(13)16(24)23(15)14-6-4-3-5-12(14)17(18,19)20/h3-9H,2H2,1H3. The highest BCUT2D eigenvalue weighted by molar-refractivity contribution is 14.1. The second kappa shape index (κ2) is 6.19. The van der Waals surface area contributed by atoms with Crippen LogP contribution in [0.4, 0.5) is 13.2 Å². The molecule has 0 aliphatic heterocycles. The second-order valence-corrected chi connectivity index (χ2v) is 6.44. The molecular weight excluding hydrogens is 432 g/mol. The molecule has 0 fully saturated rings. The Hall–Kier alpha value is -1.90. The van der Waals surface area contributed by atoms with E-state index in [1.807, 2.05) is 6.07 Å². The average molecular weight is 444 g/mol. The minimum absolute atomic E-state index is 0.194. The van der Waals surface area contributed by atoms with Crippen LogP contribution in [0.15, 0.2) is 47.3 Å². The molecule has 0 unspecified atom stereocenters. The summed E-state index contributed by atoms with van der Waals surface area (Å²) in [4.78, 5) is 17.3. The molecule has 0 aliphatic rings. The Morgan fingerprint density at radius 2 is 1.88 bits per heavy atom. The van der Waals surface area contributed by atoms with Gasteiger partial charge in [-0.3, -0.25) is 9.36 Å². The van der Waals surface area contributed by atoms with Crippen LogP contribution < -0.4 is 5.56 Å². The van der Waals surface area contributed by atoms with Gasteiger partial charge < -0.3 is 0 Å². The largest absolute Gasteiger partial charge is 0.418 e. The molecule has 3 nitrogen and oxygen atoms in total. The SMILES string of the molecule is CCc1nc2ccc(I)cc2c(=O)n1-c1ccccc1C(F)(F)F. The molecule has 0 saturated carbocycles. The third-order valence-corrected chi connectivity index (χ3v) is 4.34. The fourth-order valence-electron chi connectivity index (χ4n) is 2.60. The average Bonchev–Trinajstić information content (AvgIpc) is 2.54. The summed E-state index contributed by atoms with van der Waals surface area (Å²) in [6, 6.07) is 10.2. The Morgan fingerprint density at radius 1 is 1.17 bits per heavy atom. The van der Waals surface area contributed by atoms with Crippen molar-refractivity contribution < 1.29 is 13.2 Å². The van der Waals surface area contributed by atoms with E-state index in [-0.39, 0.29) is 5.69 Å². The first-order valence-corrected chi connectivity index (χ1v) is 8.28. The van der Waals surface area contributed by atoms with Crippen LogP contribution in [0.25, 0.3) is 16.6 Å². The number of nitrogens with zero attached hydrogens (tertiary/aromatic N) is 2. The summed E-state index contributed by atoms with van der Waals surface area (Å²) in [6.45, 7) is 1.76. The quantitative estimate of drug-likeness (QED) is 0.543. The summed E-state index contributed by atoms with van der Waals surface area (Å²) in [6.07, 6.45) is -4.22. The number of hydrogen-bond acceptors (Lipinski definition) is 2. The molecule has 0 atom stereocenters.